The Labute approximate surface area is 188 Å². The fraction of sp³-hybridized carbons (Fsp3) is 0.333. The number of nitrogens with zero attached hydrogens (tertiary/aromatic N) is 1. The van der Waals surface area contributed by atoms with E-state index in [1.54, 1.807) is 45.0 Å². The molecule has 0 radical (unpaired) electrons. The van der Waals surface area contributed by atoms with E-state index >= 15 is 0 Å². The summed E-state index contributed by atoms with van der Waals surface area (Å²) in [6.45, 7) is 6.56. The van der Waals surface area contributed by atoms with Crippen molar-refractivity contribution < 1.29 is 23.9 Å². The summed E-state index contributed by atoms with van der Waals surface area (Å²) in [5.74, 6) is -1.69. The second-order valence-corrected chi connectivity index (χ2v) is 8.87. The first-order chi connectivity index (χ1) is 14.6. The van der Waals surface area contributed by atoms with Crippen LogP contribution < -0.4 is 10.6 Å². The lowest BCUT2D eigenvalue weighted by Gasteiger charge is -2.22. The molecular weight excluding hydrogens is 442 g/mol. The number of carbonyl (C=O) groups excluding carboxylic acids is 4. The third-order valence-corrected chi connectivity index (χ3v) is 6.49. The molecule has 31 heavy (non-hydrogen) atoms. The summed E-state index contributed by atoms with van der Waals surface area (Å²) < 4.78 is 5.07. The van der Waals surface area contributed by atoms with Crippen molar-refractivity contribution >= 4 is 51.8 Å². The number of ether oxygens (including phenoxy) is 1. The summed E-state index contributed by atoms with van der Waals surface area (Å²) in [6.07, 6.45) is 0. The first-order valence-corrected chi connectivity index (χ1v) is 10.7. The number of nitrogens with one attached hydrogen (secondary N) is 2. The quantitative estimate of drug-likeness (QED) is 0.503. The van der Waals surface area contributed by atoms with Crippen LogP contribution in [0.1, 0.15) is 40.2 Å². The molecule has 1 aliphatic heterocycles. The third kappa shape index (κ3) is 4.28. The zero-order valence-corrected chi connectivity index (χ0v) is 19.1. The number of benzene rings is 1. The van der Waals surface area contributed by atoms with Gasteiger partial charge >= 0.3 is 12.0 Å². The zero-order valence-electron chi connectivity index (χ0n) is 17.5. The first-order valence-electron chi connectivity index (χ1n) is 9.55. The Hall–Kier alpha value is -2.91. The Morgan fingerprint density at radius 1 is 1.23 bits per heavy atom. The van der Waals surface area contributed by atoms with Gasteiger partial charge in [0.05, 0.1) is 12.2 Å². The second-order valence-electron chi connectivity index (χ2n) is 7.21. The molecule has 0 bridgehead atoms. The second kappa shape index (κ2) is 8.68. The van der Waals surface area contributed by atoms with Crippen LogP contribution in [0.3, 0.4) is 0 Å². The van der Waals surface area contributed by atoms with Crippen molar-refractivity contribution in [3.8, 4) is 0 Å². The Morgan fingerprint density at radius 2 is 1.87 bits per heavy atom. The molecule has 1 atom stereocenters. The van der Waals surface area contributed by atoms with Gasteiger partial charge in [0.25, 0.3) is 5.91 Å². The molecule has 0 aliphatic carbocycles. The van der Waals surface area contributed by atoms with Crippen LogP contribution in [0.4, 0.5) is 9.80 Å². The highest BCUT2D eigenvalue weighted by molar-refractivity contribution is 7.16. The van der Waals surface area contributed by atoms with Gasteiger partial charge in [-0.2, -0.15) is 0 Å². The number of esters is 1. The van der Waals surface area contributed by atoms with E-state index in [1.165, 1.54) is 11.3 Å². The molecule has 1 fully saturated rings. The van der Waals surface area contributed by atoms with Gasteiger partial charge in [0.2, 0.25) is 5.91 Å². The lowest BCUT2D eigenvalue weighted by atomic mass is 9.92. The molecule has 1 saturated heterocycles. The molecular formula is C21H22ClN3O5S. The van der Waals surface area contributed by atoms with Crippen LogP contribution in [0.2, 0.25) is 5.02 Å². The van der Waals surface area contributed by atoms with E-state index in [0.717, 1.165) is 9.78 Å². The minimum Gasteiger partial charge on any atom is -0.462 e. The van der Waals surface area contributed by atoms with E-state index in [1.807, 2.05) is 6.92 Å². The number of anilines is 1. The van der Waals surface area contributed by atoms with Crippen molar-refractivity contribution in [1.82, 2.24) is 10.2 Å². The van der Waals surface area contributed by atoms with Gasteiger partial charge < -0.3 is 15.4 Å². The molecule has 4 amide bonds. The highest BCUT2D eigenvalue weighted by Gasteiger charge is 2.49. The fourth-order valence-electron chi connectivity index (χ4n) is 3.29. The van der Waals surface area contributed by atoms with Gasteiger partial charge in [-0.15, -0.1) is 11.3 Å². The molecule has 0 saturated carbocycles. The molecule has 8 nitrogen and oxygen atoms in total. The normalized spacial score (nSPS) is 18.2. The van der Waals surface area contributed by atoms with Crippen LogP contribution in [0, 0.1) is 13.8 Å². The predicted molar refractivity (Wildman–Crippen MR) is 117 cm³/mol. The summed E-state index contributed by atoms with van der Waals surface area (Å²) in [5.41, 5.74) is 0.228. The molecule has 2 N–H and O–H groups in total. The standard InChI is InChI=1S/C21H22ClN3O5S/c1-5-30-18(27)16-11(2)12(3)31-17(16)23-15(26)10-25-19(28)21(4,24-20(25)29)13-6-8-14(22)9-7-13/h6-9H,5,10H2,1-4H3,(H,23,26)(H,24,29). The van der Waals surface area contributed by atoms with Gasteiger partial charge in [-0.05, 0) is 51.0 Å². The molecule has 3 rings (SSSR count). The smallest absolute Gasteiger partial charge is 0.341 e. The number of hydrogen-bond donors (Lipinski definition) is 2. The molecule has 164 valence electrons. The van der Waals surface area contributed by atoms with Crippen molar-refractivity contribution in [3.63, 3.8) is 0 Å². The Balaban J connectivity index is 1.78. The maximum absolute atomic E-state index is 13.0. The number of rotatable bonds is 6. The number of halogens is 1. The number of hydrogen-bond acceptors (Lipinski definition) is 6. The summed E-state index contributed by atoms with van der Waals surface area (Å²) in [4.78, 5) is 52.1. The van der Waals surface area contributed by atoms with E-state index in [4.69, 9.17) is 16.3 Å². The SMILES string of the molecule is CCOC(=O)c1c(NC(=O)CN2C(=O)NC(C)(c3ccc(Cl)cc3)C2=O)sc(C)c1C. The van der Waals surface area contributed by atoms with E-state index in [9.17, 15) is 19.2 Å². The first kappa shape index (κ1) is 22.8. The highest BCUT2D eigenvalue weighted by Crippen LogP contribution is 2.33. The van der Waals surface area contributed by atoms with Gasteiger partial charge in [-0.1, -0.05) is 23.7 Å². The predicted octanol–water partition coefficient (Wildman–Crippen LogP) is 3.60. The van der Waals surface area contributed by atoms with Gasteiger partial charge in [0.1, 0.15) is 17.1 Å². The Kier molecular flexibility index (Phi) is 6.38. The average Bonchev–Trinajstić information content (AvgIpc) is 3.10. The summed E-state index contributed by atoms with van der Waals surface area (Å²) in [7, 11) is 0. The van der Waals surface area contributed by atoms with Crippen molar-refractivity contribution in [2.24, 2.45) is 0 Å². The minimum atomic E-state index is -1.31. The van der Waals surface area contributed by atoms with E-state index in [-0.39, 0.29) is 12.2 Å². The lowest BCUT2D eigenvalue weighted by molar-refractivity contribution is -0.133. The minimum absolute atomic E-state index is 0.201. The van der Waals surface area contributed by atoms with Crippen LogP contribution in [0.5, 0.6) is 0 Å². The molecule has 1 aliphatic rings. The van der Waals surface area contributed by atoms with Gasteiger partial charge in [-0.3, -0.25) is 14.5 Å². The van der Waals surface area contributed by atoms with Crippen LogP contribution >= 0.6 is 22.9 Å². The molecule has 1 aromatic carbocycles. The summed E-state index contributed by atoms with van der Waals surface area (Å²) in [6, 6.07) is 5.85. The fourth-order valence-corrected chi connectivity index (χ4v) is 4.48. The molecule has 2 aromatic rings. The third-order valence-electron chi connectivity index (χ3n) is 5.12. The molecule has 1 aromatic heterocycles. The average molecular weight is 464 g/mol. The number of carbonyl (C=O) groups is 4. The molecule has 2 heterocycles. The van der Waals surface area contributed by atoms with E-state index in [0.29, 0.717) is 21.2 Å². The van der Waals surface area contributed by atoms with Crippen LogP contribution in [-0.2, 0) is 19.9 Å². The molecule has 10 heteroatoms. The number of amides is 4. The molecule has 0 spiro atoms. The number of thiophene rings is 1. The van der Waals surface area contributed by atoms with Gasteiger partial charge in [0.15, 0.2) is 0 Å². The summed E-state index contributed by atoms with van der Waals surface area (Å²) >= 11 is 7.14. The van der Waals surface area contributed by atoms with Gasteiger partial charge in [-0.25, -0.2) is 9.59 Å². The van der Waals surface area contributed by atoms with Crippen LogP contribution in [-0.4, -0.2) is 41.9 Å². The highest BCUT2D eigenvalue weighted by atomic mass is 35.5. The van der Waals surface area contributed by atoms with Crippen LogP contribution in [0.15, 0.2) is 24.3 Å². The number of urea groups is 1. The Morgan fingerprint density at radius 3 is 2.48 bits per heavy atom. The van der Waals surface area contributed by atoms with Crippen molar-refractivity contribution in [3.05, 3.63) is 50.9 Å². The van der Waals surface area contributed by atoms with Crippen molar-refractivity contribution in [2.75, 3.05) is 18.5 Å². The largest absolute Gasteiger partial charge is 0.462 e. The van der Waals surface area contributed by atoms with Gasteiger partial charge in [0, 0.05) is 9.90 Å². The monoisotopic (exact) mass is 463 g/mol. The topological polar surface area (TPSA) is 105 Å². The zero-order chi connectivity index (χ0) is 22.9. The Bertz CT molecular complexity index is 1070. The molecule has 1 unspecified atom stereocenters. The number of aryl methyl sites for hydroxylation is 1. The lowest BCUT2D eigenvalue weighted by Crippen LogP contribution is -2.42. The van der Waals surface area contributed by atoms with Crippen molar-refractivity contribution in [1.29, 1.82) is 0 Å². The maximum Gasteiger partial charge on any atom is 0.341 e. The summed E-state index contributed by atoms with van der Waals surface area (Å²) in [5, 5.41) is 6.10. The number of imide groups is 1. The van der Waals surface area contributed by atoms with E-state index < -0.39 is 35.9 Å². The maximum atomic E-state index is 13.0. The van der Waals surface area contributed by atoms with Crippen molar-refractivity contribution in [2.45, 2.75) is 33.2 Å². The van der Waals surface area contributed by atoms with E-state index in [2.05, 4.69) is 10.6 Å². The van der Waals surface area contributed by atoms with Crippen LogP contribution in [0.25, 0.3) is 0 Å².